The van der Waals surface area contributed by atoms with Crippen molar-refractivity contribution >= 4 is 70.7 Å². The Morgan fingerprint density at radius 1 is 0.667 bits per heavy atom. The summed E-state index contributed by atoms with van der Waals surface area (Å²) in [4.78, 5) is 134. The van der Waals surface area contributed by atoms with Gasteiger partial charge in [0.05, 0.1) is 19.1 Å². The molecule has 1 fully saturated rings. The van der Waals surface area contributed by atoms with Crippen molar-refractivity contribution in [2.45, 2.75) is 141 Å². The predicted octanol–water partition coefficient (Wildman–Crippen LogP) is -2.40. The molecular formula is C48H71N13O11. The Morgan fingerprint density at radius 3 is 1.85 bits per heavy atom. The van der Waals surface area contributed by atoms with Crippen molar-refractivity contribution in [3.05, 3.63) is 65.7 Å². The number of amides is 10. The highest BCUT2D eigenvalue weighted by atomic mass is 16.3. The average molecular weight is 1010 g/mol. The normalized spacial score (nSPS) is 16.1. The summed E-state index contributed by atoms with van der Waals surface area (Å²) in [5.41, 5.74) is 18.3. The van der Waals surface area contributed by atoms with Crippen LogP contribution in [-0.4, -0.2) is 143 Å². The molecule has 10 amide bonds. The second kappa shape index (κ2) is 29.5. The Hall–Kier alpha value is -7.63. The largest absolute Gasteiger partial charge is 0.391 e. The van der Waals surface area contributed by atoms with E-state index in [2.05, 4.69) is 47.5 Å². The van der Waals surface area contributed by atoms with Gasteiger partial charge in [0.15, 0.2) is 5.96 Å². The van der Waals surface area contributed by atoms with E-state index in [9.17, 15) is 53.1 Å². The maximum atomic E-state index is 13.5. The van der Waals surface area contributed by atoms with Gasteiger partial charge in [0.25, 0.3) is 0 Å². The van der Waals surface area contributed by atoms with Crippen molar-refractivity contribution in [2.24, 2.45) is 22.2 Å². The molecule has 1 unspecified atom stereocenters. The summed E-state index contributed by atoms with van der Waals surface area (Å²) in [5, 5.41) is 30.7. The summed E-state index contributed by atoms with van der Waals surface area (Å²) in [7, 11) is 0. The predicted molar refractivity (Wildman–Crippen MR) is 266 cm³/mol. The molecule has 0 saturated carbocycles. The Labute approximate surface area is 418 Å². The number of nitrogens with zero attached hydrogens (tertiary/aromatic N) is 2. The monoisotopic (exact) mass is 1010 g/mol. The van der Waals surface area contributed by atoms with Crippen LogP contribution >= 0.6 is 0 Å². The van der Waals surface area contributed by atoms with E-state index in [1.807, 2.05) is 30.3 Å². The smallest absolute Gasteiger partial charge is 0.246 e. The number of guanidine groups is 1. The standard InChI is InChI=1S/C48H71N13O11/c1-27(41(66)54-29(3)43(68)57-34-21-19-33(20-22-34)25-37(49)63)53-42(67)28(2)56-46(71)40(31(5)62)60-39(65)26-61-24-12-17-36(47(61)72)59-44(69)30(4)55-45(70)35(16-11-23-52-48(50)51)58-38(64)18-10-9-15-32-13-7-6-8-14-32/h6-8,13-14,19-22,27-31,35-36,40,62H,9-12,15-18,23-26H2,1-5H3,(H2,49,63)(H,53,67)(H,54,66)(H,55,70)(H,56,71)(H,57,68)(H,58,64)(H,59,69)(H,60,65)(H4,50,51,52)/t27-,28-,29-,30-,31+,35-,36?,40-/m0/s1. The number of aliphatic imine (C=N–C) groups is 1. The highest BCUT2D eigenvalue weighted by Crippen LogP contribution is 2.14. The molecule has 0 aliphatic carbocycles. The Balaban J connectivity index is 1.48. The number of benzene rings is 2. The zero-order valence-corrected chi connectivity index (χ0v) is 41.5. The molecule has 2 aromatic carbocycles. The number of hydrogen-bond donors (Lipinski definition) is 12. The van der Waals surface area contributed by atoms with Crippen LogP contribution in [0.15, 0.2) is 59.6 Å². The van der Waals surface area contributed by atoms with Crippen molar-refractivity contribution in [2.75, 3.05) is 25.0 Å². The molecule has 8 atom stereocenters. The molecule has 3 rings (SSSR count). The quantitative estimate of drug-likeness (QED) is 0.0241. The Bertz CT molecular complexity index is 2240. The Morgan fingerprint density at radius 2 is 1.25 bits per heavy atom. The number of likely N-dealkylation sites (tertiary alicyclic amines) is 1. The van der Waals surface area contributed by atoms with E-state index in [4.69, 9.17) is 17.2 Å². The second-order valence-electron chi connectivity index (χ2n) is 17.8. The zero-order valence-electron chi connectivity index (χ0n) is 41.5. The molecule has 0 aromatic heterocycles. The van der Waals surface area contributed by atoms with E-state index in [-0.39, 0.29) is 50.6 Å². The third-order valence-electron chi connectivity index (χ3n) is 11.4. The van der Waals surface area contributed by atoms with Gasteiger partial charge in [-0.05, 0) is 103 Å². The maximum Gasteiger partial charge on any atom is 0.246 e. The number of carbonyl (C=O) groups is 10. The van der Waals surface area contributed by atoms with E-state index < -0.39 is 108 Å². The van der Waals surface area contributed by atoms with Gasteiger partial charge in [-0.25, -0.2) is 0 Å². The van der Waals surface area contributed by atoms with Crippen molar-refractivity contribution < 1.29 is 53.1 Å². The average Bonchev–Trinajstić information content (AvgIpc) is 3.32. The number of rotatable bonds is 28. The molecule has 24 heteroatoms. The number of anilines is 1. The van der Waals surface area contributed by atoms with Crippen LogP contribution in [0.3, 0.4) is 0 Å². The van der Waals surface area contributed by atoms with E-state index in [1.165, 1.54) is 39.5 Å². The van der Waals surface area contributed by atoms with Crippen LogP contribution < -0.4 is 59.7 Å². The minimum Gasteiger partial charge on any atom is -0.391 e. The van der Waals surface area contributed by atoms with Gasteiger partial charge in [-0.1, -0.05) is 42.5 Å². The fourth-order valence-corrected chi connectivity index (χ4v) is 7.34. The van der Waals surface area contributed by atoms with Crippen molar-refractivity contribution in [3.8, 4) is 0 Å². The number of unbranched alkanes of at least 4 members (excludes halogenated alkanes) is 1. The van der Waals surface area contributed by atoms with Crippen molar-refractivity contribution in [1.29, 1.82) is 0 Å². The van der Waals surface area contributed by atoms with E-state index in [0.717, 1.165) is 18.4 Å². The van der Waals surface area contributed by atoms with Crippen LogP contribution in [-0.2, 0) is 60.8 Å². The number of aryl methyl sites for hydroxylation is 1. The summed E-state index contributed by atoms with van der Waals surface area (Å²) < 4.78 is 0. The highest BCUT2D eigenvalue weighted by molar-refractivity contribution is 5.99. The lowest BCUT2D eigenvalue weighted by Gasteiger charge is -2.33. The molecule has 15 N–H and O–H groups in total. The summed E-state index contributed by atoms with van der Waals surface area (Å²) >= 11 is 0. The molecule has 24 nitrogen and oxygen atoms in total. The van der Waals surface area contributed by atoms with E-state index in [1.54, 1.807) is 24.3 Å². The van der Waals surface area contributed by atoms with Gasteiger partial charge in [-0.3, -0.25) is 52.9 Å². The first-order valence-electron chi connectivity index (χ1n) is 23.9. The molecule has 0 spiro atoms. The topological polar surface area (TPSA) is 381 Å². The number of primary amides is 1. The molecule has 1 aliphatic heterocycles. The zero-order chi connectivity index (χ0) is 53.5. The lowest BCUT2D eigenvalue weighted by Crippen LogP contribution is -2.60. The number of nitrogens with one attached hydrogen (secondary N) is 8. The number of carbonyl (C=O) groups excluding carboxylic acids is 10. The van der Waals surface area contributed by atoms with Crippen LogP contribution in [0.25, 0.3) is 0 Å². The molecule has 72 heavy (non-hydrogen) atoms. The number of nitrogens with two attached hydrogens (primary N) is 3. The molecule has 0 radical (unpaired) electrons. The number of hydrogen-bond acceptors (Lipinski definition) is 12. The Kier molecular flexibility index (Phi) is 24.1. The first kappa shape index (κ1) is 58.7. The number of aliphatic hydroxyl groups is 1. The second-order valence-corrected chi connectivity index (χ2v) is 17.8. The van der Waals surface area contributed by atoms with Gasteiger partial charge in [0.1, 0.15) is 42.3 Å². The minimum atomic E-state index is -1.58. The van der Waals surface area contributed by atoms with E-state index in [0.29, 0.717) is 30.5 Å². The van der Waals surface area contributed by atoms with Gasteiger partial charge >= 0.3 is 0 Å². The minimum absolute atomic E-state index is 0.0295. The van der Waals surface area contributed by atoms with Crippen LogP contribution in [0.2, 0.25) is 0 Å². The molecule has 1 aliphatic rings. The fraction of sp³-hybridized carbons (Fsp3) is 0.521. The number of piperidine rings is 1. The molecule has 0 bridgehead atoms. The fourth-order valence-electron chi connectivity index (χ4n) is 7.34. The summed E-state index contributed by atoms with van der Waals surface area (Å²) in [6.45, 7) is 6.52. The van der Waals surface area contributed by atoms with Crippen LogP contribution in [0, 0.1) is 0 Å². The lowest BCUT2D eigenvalue weighted by molar-refractivity contribution is -0.143. The number of aliphatic hydroxyl groups excluding tert-OH is 1. The van der Waals surface area contributed by atoms with Gasteiger partial charge in [-0.15, -0.1) is 0 Å². The lowest BCUT2D eigenvalue weighted by atomic mass is 10.0. The van der Waals surface area contributed by atoms with Crippen LogP contribution in [0.5, 0.6) is 0 Å². The van der Waals surface area contributed by atoms with E-state index >= 15 is 0 Å². The van der Waals surface area contributed by atoms with Crippen molar-refractivity contribution in [1.82, 2.24) is 42.1 Å². The van der Waals surface area contributed by atoms with Gasteiger partial charge < -0.3 is 69.7 Å². The molecule has 1 heterocycles. The molecule has 2 aromatic rings. The van der Waals surface area contributed by atoms with Crippen LogP contribution in [0.1, 0.15) is 90.7 Å². The maximum absolute atomic E-state index is 13.5. The summed E-state index contributed by atoms with van der Waals surface area (Å²) in [6.07, 6.45) is 2.00. The van der Waals surface area contributed by atoms with Crippen molar-refractivity contribution in [3.63, 3.8) is 0 Å². The first-order chi connectivity index (χ1) is 34.0. The van der Waals surface area contributed by atoms with Gasteiger partial charge in [0, 0.05) is 25.2 Å². The highest BCUT2D eigenvalue weighted by Gasteiger charge is 2.35. The SMILES string of the molecule is C[C@H](NC(=O)[C@H](C)NC(=O)[C@H](C)NC(=O)[C@@H](NC(=O)CN1CCCC(NC(=O)[C@H](C)NC(=O)[C@H](CCCN=C(N)N)NC(=O)CCCCc2ccccc2)C1=O)[C@@H](C)O)C(=O)Nc1ccc(CC(N)=O)cc1. The summed E-state index contributed by atoms with van der Waals surface area (Å²) in [6, 6.07) is 7.93. The van der Waals surface area contributed by atoms with Gasteiger partial charge in [-0.2, -0.15) is 0 Å². The molecular weight excluding hydrogens is 935 g/mol. The van der Waals surface area contributed by atoms with Crippen LogP contribution in [0.4, 0.5) is 5.69 Å². The summed E-state index contributed by atoms with van der Waals surface area (Å²) in [5.74, 6) is -6.78. The third kappa shape index (κ3) is 20.8. The molecule has 394 valence electrons. The third-order valence-corrected chi connectivity index (χ3v) is 11.4. The first-order valence-corrected chi connectivity index (χ1v) is 23.9. The van der Waals surface area contributed by atoms with Gasteiger partial charge in [0.2, 0.25) is 59.1 Å². The molecule has 1 saturated heterocycles.